The molecule has 0 unspecified atom stereocenters. The first-order valence-electron chi connectivity index (χ1n) is 6.75. The Balaban J connectivity index is 1.86. The molecule has 104 valence electrons. The SMILES string of the molecule is Cc1ccc(Nc2ccc3c(c2)OCCCO3)c(N)c1. The Bertz CT molecular complexity index is 626. The van der Waals surface area contributed by atoms with Crippen LogP contribution in [0.2, 0.25) is 0 Å². The molecule has 0 radical (unpaired) electrons. The van der Waals surface area contributed by atoms with E-state index >= 15 is 0 Å². The second kappa shape index (κ2) is 5.33. The summed E-state index contributed by atoms with van der Waals surface area (Å²) in [5.74, 6) is 1.57. The number of hydrogen-bond donors (Lipinski definition) is 2. The van der Waals surface area contributed by atoms with Gasteiger partial charge in [-0.15, -0.1) is 0 Å². The summed E-state index contributed by atoms with van der Waals surface area (Å²) in [6.45, 7) is 3.40. The van der Waals surface area contributed by atoms with E-state index in [2.05, 4.69) is 5.32 Å². The quantitative estimate of drug-likeness (QED) is 0.820. The molecule has 4 nitrogen and oxygen atoms in total. The van der Waals surface area contributed by atoms with Crippen LogP contribution >= 0.6 is 0 Å². The number of benzene rings is 2. The molecule has 3 rings (SSSR count). The highest BCUT2D eigenvalue weighted by Gasteiger charge is 2.11. The van der Waals surface area contributed by atoms with E-state index in [-0.39, 0.29) is 0 Å². The molecule has 2 aromatic rings. The summed E-state index contributed by atoms with van der Waals surface area (Å²) in [5, 5.41) is 3.31. The lowest BCUT2D eigenvalue weighted by Crippen LogP contribution is -1.98. The number of nitrogens with one attached hydrogen (secondary N) is 1. The lowest BCUT2D eigenvalue weighted by Gasteiger charge is -2.13. The Morgan fingerprint density at radius 2 is 1.80 bits per heavy atom. The first-order valence-corrected chi connectivity index (χ1v) is 6.75. The van der Waals surface area contributed by atoms with Crippen molar-refractivity contribution in [3.8, 4) is 11.5 Å². The van der Waals surface area contributed by atoms with Gasteiger partial charge in [0.1, 0.15) is 0 Å². The molecular weight excluding hydrogens is 252 g/mol. The summed E-state index contributed by atoms with van der Waals surface area (Å²) in [4.78, 5) is 0. The average Bonchev–Trinajstić information content (AvgIpc) is 2.66. The van der Waals surface area contributed by atoms with E-state index in [9.17, 15) is 0 Å². The van der Waals surface area contributed by atoms with Crippen LogP contribution < -0.4 is 20.5 Å². The van der Waals surface area contributed by atoms with Crippen molar-refractivity contribution in [1.82, 2.24) is 0 Å². The number of ether oxygens (including phenoxy) is 2. The smallest absolute Gasteiger partial charge is 0.163 e. The van der Waals surface area contributed by atoms with Gasteiger partial charge in [-0.25, -0.2) is 0 Å². The third kappa shape index (κ3) is 2.64. The zero-order valence-electron chi connectivity index (χ0n) is 11.5. The highest BCUT2D eigenvalue weighted by molar-refractivity contribution is 5.74. The molecule has 0 bridgehead atoms. The fraction of sp³-hybridized carbons (Fsp3) is 0.250. The minimum absolute atomic E-state index is 0.684. The van der Waals surface area contributed by atoms with E-state index in [0.717, 1.165) is 40.5 Å². The minimum Gasteiger partial charge on any atom is -0.490 e. The van der Waals surface area contributed by atoms with Crippen LogP contribution in [0, 0.1) is 6.92 Å². The van der Waals surface area contributed by atoms with Gasteiger partial charge in [0.15, 0.2) is 11.5 Å². The van der Waals surface area contributed by atoms with E-state index in [1.807, 2.05) is 43.3 Å². The number of anilines is 3. The van der Waals surface area contributed by atoms with Gasteiger partial charge in [-0.1, -0.05) is 6.07 Å². The predicted molar refractivity (Wildman–Crippen MR) is 80.9 cm³/mol. The molecule has 0 spiro atoms. The second-order valence-electron chi connectivity index (χ2n) is 4.93. The molecule has 0 amide bonds. The van der Waals surface area contributed by atoms with Gasteiger partial charge >= 0.3 is 0 Å². The summed E-state index contributed by atoms with van der Waals surface area (Å²) >= 11 is 0. The van der Waals surface area contributed by atoms with Gasteiger partial charge in [-0.3, -0.25) is 0 Å². The number of rotatable bonds is 2. The molecule has 1 aliphatic rings. The van der Waals surface area contributed by atoms with Crippen molar-refractivity contribution >= 4 is 17.1 Å². The fourth-order valence-electron chi connectivity index (χ4n) is 2.19. The van der Waals surface area contributed by atoms with Gasteiger partial charge in [0, 0.05) is 18.2 Å². The van der Waals surface area contributed by atoms with Crippen molar-refractivity contribution in [2.75, 3.05) is 24.3 Å². The largest absolute Gasteiger partial charge is 0.490 e. The lowest BCUT2D eigenvalue weighted by molar-refractivity contribution is 0.297. The van der Waals surface area contributed by atoms with Gasteiger partial charge in [-0.2, -0.15) is 0 Å². The van der Waals surface area contributed by atoms with Crippen LogP contribution in [-0.4, -0.2) is 13.2 Å². The Hall–Kier alpha value is -2.36. The summed E-state index contributed by atoms with van der Waals surface area (Å²) in [6.07, 6.45) is 0.905. The van der Waals surface area contributed by atoms with Crippen molar-refractivity contribution in [2.24, 2.45) is 0 Å². The Kier molecular flexibility index (Phi) is 3.37. The average molecular weight is 270 g/mol. The summed E-state index contributed by atoms with van der Waals surface area (Å²) in [5.41, 5.74) is 9.72. The van der Waals surface area contributed by atoms with E-state index in [1.54, 1.807) is 0 Å². The maximum Gasteiger partial charge on any atom is 0.163 e. The molecule has 0 fully saturated rings. The van der Waals surface area contributed by atoms with E-state index in [0.29, 0.717) is 13.2 Å². The zero-order chi connectivity index (χ0) is 13.9. The Morgan fingerprint density at radius 1 is 1.00 bits per heavy atom. The molecule has 1 aliphatic heterocycles. The highest BCUT2D eigenvalue weighted by atomic mass is 16.5. The first kappa shape index (κ1) is 12.7. The Labute approximate surface area is 118 Å². The predicted octanol–water partition coefficient (Wildman–Crippen LogP) is 3.48. The summed E-state index contributed by atoms with van der Waals surface area (Å²) < 4.78 is 11.3. The van der Waals surface area contributed by atoms with Crippen molar-refractivity contribution in [2.45, 2.75) is 13.3 Å². The molecule has 0 aliphatic carbocycles. The number of fused-ring (bicyclic) bond motifs is 1. The van der Waals surface area contributed by atoms with Crippen LogP contribution in [-0.2, 0) is 0 Å². The molecule has 3 N–H and O–H groups in total. The summed E-state index contributed by atoms with van der Waals surface area (Å²) in [7, 11) is 0. The summed E-state index contributed by atoms with van der Waals surface area (Å²) in [6, 6.07) is 11.8. The molecule has 1 heterocycles. The zero-order valence-corrected chi connectivity index (χ0v) is 11.5. The number of nitrogens with two attached hydrogens (primary N) is 1. The van der Waals surface area contributed by atoms with Gasteiger partial charge < -0.3 is 20.5 Å². The highest BCUT2D eigenvalue weighted by Crippen LogP contribution is 2.34. The number of hydrogen-bond acceptors (Lipinski definition) is 4. The molecule has 20 heavy (non-hydrogen) atoms. The van der Waals surface area contributed by atoms with Gasteiger partial charge in [0.05, 0.1) is 24.6 Å². The van der Waals surface area contributed by atoms with E-state index < -0.39 is 0 Å². The Morgan fingerprint density at radius 3 is 2.60 bits per heavy atom. The maximum atomic E-state index is 6.01. The topological polar surface area (TPSA) is 56.5 Å². The second-order valence-corrected chi connectivity index (χ2v) is 4.93. The van der Waals surface area contributed by atoms with Crippen LogP contribution in [0.3, 0.4) is 0 Å². The third-order valence-electron chi connectivity index (χ3n) is 3.23. The van der Waals surface area contributed by atoms with Gasteiger partial charge in [-0.05, 0) is 36.8 Å². The van der Waals surface area contributed by atoms with Crippen LogP contribution in [0.15, 0.2) is 36.4 Å². The van der Waals surface area contributed by atoms with Crippen molar-refractivity contribution < 1.29 is 9.47 Å². The van der Waals surface area contributed by atoms with Crippen molar-refractivity contribution in [3.05, 3.63) is 42.0 Å². The van der Waals surface area contributed by atoms with Crippen LogP contribution in [0.5, 0.6) is 11.5 Å². The third-order valence-corrected chi connectivity index (χ3v) is 3.23. The molecular formula is C16H18N2O2. The monoisotopic (exact) mass is 270 g/mol. The molecule has 0 saturated carbocycles. The normalized spacial score (nSPS) is 13.7. The van der Waals surface area contributed by atoms with Crippen molar-refractivity contribution in [3.63, 3.8) is 0 Å². The van der Waals surface area contributed by atoms with Crippen LogP contribution in [0.25, 0.3) is 0 Å². The van der Waals surface area contributed by atoms with Crippen molar-refractivity contribution in [1.29, 1.82) is 0 Å². The first-order chi connectivity index (χ1) is 9.72. The maximum absolute atomic E-state index is 6.01. The van der Waals surface area contributed by atoms with Crippen LogP contribution in [0.4, 0.5) is 17.1 Å². The van der Waals surface area contributed by atoms with E-state index in [4.69, 9.17) is 15.2 Å². The number of nitrogen functional groups attached to an aromatic ring is 1. The standard InChI is InChI=1S/C16H18N2O2/c1-11-3-5-14(13(17)9-11)18-12-4-6-15-16(10-12)20-8-2-7-19-15/h3-6,9-10,18H,2,7-8,17H2,1H3. The molecule has 0 saturated heterocycles. The minimum atomic E-state index is 0.684. The number of aryl methyl sites for hydroxylation is 1. The molecule has 4 heteroatoms. The fourth-order valence-corrected chi connectivity index (χ4v) is 2.19. The van der Waals surface area contributed by atoms with Crippen LogP contribution in [0.1, 0.15) is 12.0 Å². The lowest BCUT2D eigenvalue weighted by atomic mass is 10.2. The van der Waals surface area contributed by atoms with E-state index in [1.165, 1.54) is 0 Å². The molecule has 2 aromatic carbocycles. The molecule has 0 aromatic heterocycles. The van der Waals surface area contributed by atoms with Gasteiger partial charge in [0.2, 0.25) is 0 Å². The van der Waals surface area contributed by atoms with Gasteiger partial charge in [0.25, 0.3) is 0 Å². The molecule has 0 atom stereocenters.